The number of halogens is 2. The predicted octanol–water partition coefficient (Wildman–Crippen LogP) is 5.21. The molecule has 0 aliphatic rings. The van der Waals surface area contributed by atoms with Gasteiger partial charge in [0, 0.05) is 5.02 Å². The van der Waals surface area contributed by atoms with Gasteiger partial charge in [0.2, 0.25) is 0 Å². The summed E-state index contributed by atoms with van der Waals surface area (Å²) in [7, 11) is 0. The topological polar surface area (TPSA) is 71.1 Å². The summed E-state index contributed by atoms with van der Waals surface area (Å²) in [5.41, 5.74) is 0.323. The highest BCUT2D eigenvalue weighted by molar-refractivity contribution is 6.35. The Morgan fingerprint density at radius 1 is 0.774 bits per heavy atom. The summed E-state index contributed by atoms with van der Waals surface area (Å²) in [5, 5.41) is 0.750. The van der Waals surface area contributed by atoms with Gasteiger partial charge in [-0.1, -0.05) is 41.4 Å². The summed E-state index contributed by atoms with van der Waals surface area (Å²) < 4.78 is 21.1. The summed E-state index contributed by atoms with van der Waals surface area (Å²) in [6.07, 6.45) is 0. The van der Waals surface area contributed by atoms with E-state index in [1.807, 2.05) is 30.3 Å². The molecule has 31 heavy (non-hydrogen) atoms. The van der Waals surface area contributed by atoms with E-state index in [1.165, 1.54) is 30.3 Å². The van der Waals surface area contributed by atoms with Gasteiger partial charge < -0.3 is 18.9 Å². The first-order valence-corrected chi connectivity index (χ1v) is 10.0. The van der Waals surface area contributed by atoms with Crippen molar-refractivity contribution in [3.63, 3.8) is 0 Å². The Hall–Kier alpha value is -3.22. The third kappa shape index (κ3) is 7.20. The Morgan fingerprint density at radius 2 is 1.52 bits per heavy atom. The summed E-state index contributed by atoms with van der Waals surface area (Å²) in [6, 6.07) is 19.9. The second kappa shape index (κ2) is 11.2. The minimum absolute atomic E-state index is 0.106. The first-order valence-electron chi connectivity index (χ1n) is 9.25. The maximum atomic E-state index is 12.1. The molecule has 3 aromatic rings. The van der Waals surface area contributed by atoms with Crippen LogP contribution in [-0.2, 0) is 9.53 Å². The number of para-hydroxylation sites is 1. The number of ether oxygens (including phenoxy) is 4. The lowest BCUT2D eigenvalue weighted by atomic mass is 10.2. The standard InChI is InChI=1S/C23H18Cl2O6/c24-17-8-11-21(20(25)14-17)30-15-22(26)31-19-9-6-16(7-10-19)23(27)29-13-12-28-18-4-2-1-3-5-18/h1-11,14H,12-13,15H2. The Labute approximate surface area is 189 Å². The molecule has 0 bridgehead atoms. The second-order valence-corrected chi connectivity index (χ2v) is 7.00. The maximum absolute atomic E-state index is 12.1. The maximum Gasteiger partial charge on any atom is 0.349 e. The summed E-state index contributed by atoms with van der Waals surface area (Å²) >= 11 is 11.8. The fraction of sp³-hybridized carbons (Fsp3) is 0.130. The van der Waals surface area contributed by atoms with Gasteiger partial charge in [-0.05, 0) is 54.6 Å². The number of carbonyl (C=O) groups excluding carboxylic acids is 2. The van der Waals surface area contributed by atoms with Crippen molar-refractivity contribution in [2.45, 2.75) is 0 Å². The van der Waals surface area contributed by atoms with E-state index in [1.54, 1.807) is 12.1 Å². The SMILES string of the molecule is O=C(COc1ccc(Cl)cc1Cl)Oc1ccc(C(=O)OCCOc2ccccc2)cc1. The summed E-state index contributed by atoms with van der Waals surface area (Å²) in [5.74, 6) is 0.152. The van der Waals surface area contributed by atoms with E-state index in [4.69, 9.17) is 42.1 Å². The van der Waals surface area contributed by atoms with Crippen LogP contribution in [0, 0.1) is 0 Å². The number of esters is 2. The van der Waals surface area contributed by atoms with Crippen LogP contribution in [0.5, 0.6) is 17.2 Å². The van der Waals surface area contributed by atoms with Crippen molar-refractivity contribution in [1.29, 1.82) is 0 Å². The molecular formula is C23H18Cl2O6. The van der Waals surface area contributed by atoms with Crippen molar-refractivity contribution < 1.29 is 28.5 Å². The minimum Gasteiger partial charge on any atom is -0.490 e. The van der Waals surface area contributed by atoms with Crippen molar-refractivity contribution in [1.82, 2.24) is 0 Å². The van der Waals surface area contributed by atoms with Gasteiger partial charge in [0.05, 0.1) is 10.6 Å². The van der Waals surface area contributed by atoms with Crippen LogP contribution < -0.4 is 14.2 Å². The van der Waals surface area contributed by atoms with E-state index in [-0.39, 0.29) is 30.6 Å². The smallest absolute Gasteiger partial charge is 0.349 e. The molecule has 0 saturated carbocycles. The highest BCUT2D eigenvalue weighted by atomic mass is 35.5. The molecule has 0 unspecified atom stereocenters. The van der Waals surface area contributed by atoms with E-state index < -0.39 is 11.9 Å². The molecule has 3 rings (SSSR count). The third-order valence-electron chi connectivity index (χ3n) is 3.89. The summed E-state index contributed by atoms with van der Waals surface area (Å²) in [6.45, 7) is 0.00467. The van der Waals surface area contributed by atoms with Crippen molar-refractivity contribution in [2.24, 2.45) is 0 Å². The molecule has 0 radical (unpaired) electrons. The van der Waals surface area contributed by atoms with Crippen LogP contribution in [0.1, 0.15) is 10.4 Å². The van der Waals surface area contributed by atoms with Crippen molar-refractivity contribution in [3.05, 3.63) is 88.4 Å². The zero-order chi connectivity index (χ0) is 22.1. The van der Waals surface area contributed by atoms with Crippen molar-refractivity contribution in [3.8, 4) is 17.2 Å². The highest BCUT2D eigenvalue weighted by Gasteiger charge is 2.11. The Bertz CT molecular complexity index is 1020. The quantitative estimate of drug-likeness (QED) is 0.248. The van der Waals surface area contributed by atoms with Crippen molar-refractivity contribution in [2.75, 3.05) is 19.8 Å². The predicted molar refractivity (Wildman–Crippen MR) is 116 cm³/mol. The van der Waals surface area contributed by atoms with E-state index in [2.05, 4.69) is 0 Å². The molecular weight excluding hydrogens is 443 g/mol. The lowest BCUT2D eigenvalue weighted by Gasteiger charge is -2.09. The number of benzene rings is 3. The molecule has 0 N–H and O–H groups in total. The van der Waals surface area contributed by atoms with Gasteiger partial charge in [0.15, 0.2) is 6.61 Å². The third-order valence-corrected chi connectivity index (χ3v) is 4.42. The van der Waals surface area contributed by atoms with Crippen LogP contribution in [0.15, 0.2) is 72.8 Å². The molecule has 0 aliphatic carbocycles. The first-order chi connectivity index (χ1) is 15.0. The van der Waals surface area contributed by atoms with Crippen LogP contribution in [0.25, 0.3) is 0 Å². The molecule has 0 fully saturated rings. The average molecular weight is 461 g/mol. The second-order valence-electron chi connectivity index (χ2n) is 6.16. The van der Waals surface area contributed by atoms with Gasteiger partial charge in [0.1, 0.15) is 30.5 Å². The number of rotatable bonds is 9. The zero-order valence-corrected chi connectivity index (χ0v) is 17.8. The van der Waals surface area contributed by atoms with Crippen LogP contribution in [0.4, 0.5) is 0 Å². The van der Waals surface area contributed by atoms with Gasteiger partial charge in [-0.25, -0.2) is 9.59 Å². The average Bonchev–Trinajstić information content (AvgIpc) is 2.77. The molecule has 8 heteroatoms. The van der Waals surface area contributed by atoms with E-state index >= 15 is 0 Å². The van der Waals surface area contributed by atoms with Crippen molar-refractivity contribution >= 4 is 35.1 Å². The molecule has 0 saturated heterocycles. The monoisotopic (exact) mass is 460 g/mol. The lowest BCUT2D eigenvalue weighted by molar-refractivity contribution is -0.136. The molecule has 0 spiro atoms. The van der Waals surface area contributed by atoms with Crippen LogP contribution in [0.2, 0.25) is 10.0 Å². The van der Waals surface area contributed by atoms with Crippen LogP contribution in [0.3, 0.4) is 0 Å². The van der Waals surface area contributed by atoms with E-state index in [0.717, 1.165) is 0 Å². The molecule has 0 aromatic heterocycles. The lowest BCUT2D eigenvalue weighted by Crippen LogP contribution is -2.18. The molecule has 0 amide bonds. The van der Waals surface area contributed by atoms with Gasteiger partial charge in [0.25, 0.3) is 0 Å². The van der Waals surface area contributed by atoms with Gasteiger partial charge >= 0.3 is 11.9 Å². The molecule has 6 nitrogen and oxygen atoms in total. The summed E-state index contributed by atoms with van der Waals surface area (Å²) in [4.78, 5) is 24.0. The van der Waals surface area contributed by atoms with Crippen LogP contribution in [-0.4, -0.2) is 31.8 Å². The van der Waals surface area contributed by atoms with Gasteiger partial charge in [-0.2, -0.15) is 0 Å². The Kier molecular flexibility index (Phi) is 8.15. The Morgan fingerprint density at radius 3 is 2.23 bits per heavy atom. The zero-order valence-electron chi connectivity index (χ0n) is 16.3. The molecule has 0 heterocycles. The molecule has 3 aromatic carbocycles. The molecule has 0 atom stereocenters. The normalized spacial score (nSPS) is 10.3. The van der Waals surface area contributed by atoms with Gasteiger partial charge in [-0.3, -0.25) is 0 Å². The van der Waals surface area contributed by atoms with Gasteiger partial charge in [-0.15, -0.1) is 0 Å². The Balaban J connectivity index is 1.41. The molecule has 0 aliphatic heterocycles. The fourth-order valence-electron chi connectivity index (χ4n) is 2.44. The van der Waals surface area contributed by atoms with E-state index in [9.17, 15) is 9.59 Å². The highest BCUT2D eigenvalue weighted by Crippen LogP contribution is 2.27. The number of hydrogen-bond donors (Lipinski definition) is 0. The fourth-order valence-corrected chi connectivity index (χ4v) is 2.91. The molecule has 160 valence electrons. The van der Waals surface area contributed by atoms with E-state index in [0.29, 0.717) is 22.1 Å². The first kappa shape index (κ1) is 22.5. The minimum atomic E-state index is -0.626. The number of hydrogen-bond acceptors (Lipinski definition) is 6. The van der Waals surface area contributed by atoms with Crippen LogP contribution >= 0.6 is 23.2 Å². The number of carbonyl (C=O) groups is 2. The largest absolute Gasteiger partial charge is 0.490 e.